The number of hydrogen-bond acceptors (Lipinski definition) is 3. The van der Waals surface area contributed by atoms with Gasteiger partial charge in [-0.25, -0.2) is 0 Å². The molecule has 0 aliphatic heterocycles. The van der Waals surface area contributed by atoms with E-state index in [0.29, 0.717) is 5.02 Å². The Morgan fingerprint density at radius 1 is 0.957 bits per heavy atom. The topological polar surface area (TPSA) is 53.5 Å². The van der Waals surface area contributed by atoms with E-state index in [4.69, 9.17) is 11.6 Å². The van der Waals surface area contributed by atoms with Crippen molar-refractivity contribution in [2.75, 3.05) is 10.7 Å². The normalized spacial score (nSPS) is 11.9. The molecule has 2 aromatic carbocycles. The van der Waals surface area contributed by atoms with E-state index in [2.05, 4.69) is 15.8 Å². The van der Waals surface area contributed by atoms with E-state index in [1.165, 1.54) is 0 Å². The number of anilines is 2. The Labute approximate surface area is 141 Å². The number of nitrogens with zero attached hydrogens (tertiary/aromatic N) is 1. The number of nitrogens with one attached hydrogen (secondary N) is 2. The number of ketones is 1. The van der Waals surface area contributed by atoms with Crippen LogP contribution >= 0.6 is 11.6 Å². The highest BCUT2D eigenvalue weighted by Crippen LogP contribution is 2.19. The van der Waals surface area contributed by atoms with E-state index < -0.39 is 5.41 Å². The van der Waals surface area contributed by atoms with Crippen LogP contribution in [0.25, 0.3) is 0 Å². The number of carbonyl (C=O) groups is 1. The number of amidine groups is 1. The Hall–Kier alpha value is -2.33. The zero-order chi connectivity index (χ0) is 16.9. The minimum atomic E-state index is -0.545. The van der Waals surface area contributed by atoms with Crippen LogP contribution in [-0.4, -0.2) is 11.6 Å². The van der Waals surface area contributed by atoms with Crippen LogP contribution in [-0.2, 0) is 4.79 Å². The van der Waals surface area contributed by atoms with Gasteiger partial charge >= 0.3 is 0 Å². The Morgan fingerprint density at radius 2 is 1.57 bits per heavy atom. The van der Waals surface area contributed by atoms with E-state index in [0.717, 1.165) is 11.4 Å². The fraction of sp³-hybridized carbons (Fsp3) is 0.222. The van der Waals surface area contributed by atoms with Gasteiger partial charge < -0.3 is 5.32 Å². The van der Waals surface area contributed by atoms with Gasteiger partial charge in [-0.2, -0.15) is 5.10 Å². The molecule has 2 aromatic rings. The number of hydrazone groups is 1. The number of hydrogen-bond donors (Lipinski definition) is 2. The summed E-state index contributed by atoms with van der Waals surface area (Å²) in [6.07, 6.45) is 0. The first-order chi connectivity index (χ1) is 10.9. The molecule has 0 aliphatic carbocycles. The molecule has 0 aliphatic rings. The summed E-state index contributed by atoms with van der Waals surface area (Å²) in [7, 11) is 0. The zero-order valence-electron chi connectivity index (χ0n) is 13.4. The summed E-state index contributed by atoms with van der Waals surface area (Å²) in [5.41, 5.74) is 3.92. The molecule has 0 saturated carbocycles. The average Bonchev–Trinajstić information content (AvgIpc) is 2.52. The number of carbonyl (C=O) groups excluding carboxylic acids is 1. The molecule has 0 radical (unpaired) electrons. The highest BCUT2D eigenvalue weighted by atomic mass is 35.5. The number of Topliss-reactive ketones (excluding diaryl/α,β-unsaturated/α-hetero) is 1. The quantitative estimate of drug-likeness (QED) is 0.481. The van der Waals surface area contributed by atoms with Gasteiger partial charge in [-0.15, -0.1) is 0 Å². The van der Waals surface area contributed by atoms with Gasteiger partial charge in [0.05, 0.1) is 5.69 Å². The second-order valence-corrected chi connectivity index (χ2v) is 6.59. The predicted molar refractivity (Wildman–Crippen MR) is 97.0 cm³/mol. The van der Waals surface area contributed by atoms with Gasteiger partial charge in [0.15, 0.2) is 5.84 Å². The largest absolute Gasteiger partial charge is 0.336 e. The first kappa shape index (κ1) is 17.0. The lowest BCUT2D eigenvalue weighted by Gasteiger charge is -2.19. The van der Waals surface area contributed by atoms with Crippen LogP contribution < -0.4 is 10.7 Å². The van der Waals surface area contributed by atoms with E-state index in [9.17, 15) is 4.79 Å². The smallest absolute Gasteiger partial charge is 0.205 e. The van der Waals surface area contributed by atoms with Gasteiger partial charge in [-0.05, 0) is 36.4 Å². The van der Waals surface area contributed by atoms with Gasteiger partial charge in [0, 0.05) is 16.1 Å². The SMILES string of the molecule is CC(C)(C)C(=O)/C(=N\Nc1ccccc1)Nc1ccc(Cl)cc1. The lowest BCUT2D eigenvalue weighted by molar-refractivity contribution is -0.119. The summed E-state index contributed by atoms with van der Waals surface area (Å²) in [6, 6.07) is 16.6. The maximum Gasteiger partial charge on any atom is 0.205 e. The highest BCUT2D eigenvalue weighted by Gasteiger charge is 2.26. The van der Waals surface area contributed by atoms with Gasteiger partial charge in [0.1, 0.15) is 0 Å². The van der Waals surface area contributed by atoms with Crippen LogP contribution in [0.15, 0.2) is 59.7 Å². The number of rotatable bonds is 4. The molecule has 0 spiro atoms. The molecule has 0 amide bonds. The van der Waals surface area contributed by atoms with Crippen molar-refractivity contribution in [1.82, 2.24) is 0 Å². The lowest BCUT2D eigenvalue weighted by atomic mass is 9.90. The van der Waals surface area contributed by atoms with Gasteiger partial charge in [-0.1, -0.05) is 50.6 Å². The first-order valence-corrected chi connectivity index (χ1v) is 7.70. The Kier molecular flexibility index (Phi) is 5.40. The molecular formula is C18H20ClN3O. The van der Waals surface area contributed by atoms with Crippen LogP contribution in [0.3, 0.4) is 0 Å². The third kappa shape index (κ3) is 5.11. The summed E-state index contributed by atoms with van der Waals surface area (Å²) in [5, 5.41) is 7.95. The second-order valence-electron chi connectivity index (χ2n) is 6.15. The molecule has 23 heavy (non-hydrogen) atoms. The van der Waals surface area contributed by atoms with Crippen LogP contribution in [0.2, 0.25) is 5.02 Å². The van der Waals surface area contributed by atoms with E-state index in [1.807, 2.05) is 51.1 Å². The molecule has 0 heterocycles. The van der Waals surface area contributed by atoms with Crippen molar-refractivity contribution in [3.05, 3.63) is 59.6 Å². The molecule has 0 unspecified atom stereocenters. The predicted octanol–water partition coefficient (Wildman–Crippen LogP) is 4.79. The zero-order valence-corrected chi connectivity index (χ0v) is 14.2. The van der Waals surface area contributed by atoms with Crippen LogP contribution in [0, 0.1) is 5.41 Å². The van der Waals surface area contributed by atoms with Crippen LogP contribution in [0.1, 0.15) is 20.8 Å². The number of benzene rings is 2. The Balaban J connectivity index is 2.24. The molecular weight excluding hydrogens is 310 g/mol. The third-order valence-corrected chi connectivity index (χ3v) is 3.33. The van der Waals surface area contributed by atoms with Crippen LogP contribution in [0.4, 0.5) is 11.4 Å². The monoisotopic (exact) mass is 329 g/mol. The van der Waals surface area contributed by atoms with Crippen molar-refractivity contribution in [3.8, 4) is 0 Å². The molecule has 120 valence electrons. The fourth-order valence-electron chi connectivity index (χ4n) is 1.79. The summed E-state index contributed by atoms with van der Waals surface area (Å²) in [4.78, 5) is 12.6. The number of para-hydroxylation sites is 1. The summed E-state index contributed by atoms with van der Waals surface area (Å²) >= 11 is 5.89. The Morgan fingerprint density at radius 3 is 2.13 bits per heavy atom. The van der Waals surface area contributed by atoms with E-state index in [-0.39, 0.29) is 11.6 Å². The third-order valence-electron chi connectivity index (χ3n) is 3.07. The van der Waals surface area contributed by atoms with E-state index in [1.54, 1.807) is 24.3 Å². The average molecular weight is 330 g/mol. The molecule has 0 fully saturated rings. The molecule has 5 heteroatoms. The maximum atomic E-state index is 12.6. The number of halogens is 1. The highest BCUT2D eigenvalue weighted by molar-refractivity contribution is 6.44. The molecule has 0 aromatic heterocycles. The van der Waals surface area contributed by atoms with Crippen molar-refractivity contribution >= 4 is 34.6 Å². The summed E-state index contributed by atoms with van der Waals surface area (Å²) in [6.45, 7) is 5.57. The minimum absolute atomic E-state index is 0.0871. The lowest BCUT2D eigenvalue weighted by Crippen LogP contribution is -2.34. The van der Waals surface area contributed by atoms with E-state index >= 15 is 0 Å². The standard InChI is InChI=1S/C18H20ClN3O/c1-18(2,3)16(23)17(20-14-11-9-13(19)10-12-14)22-21-15-7-5-4-6-8-15/h4-12,21H,1-3H3,(H,20,22). The molecule has 2 N–H and O–H groups in total. The molecule has 0 saturated heterocycles. The minimum Gasteiger partial charge on any atom is -0.336 e. The second kappa shape index (κ2) is 7.29. The van der Waals surface area contributed by atoms with Gasteiger partial charge in [0.2, 0.25) is 5.78 Å². The van der Waals surface area contributed by atoms with Crippen molar-refractivity contribution < 1.29 is 4.79 Å². The van der Waals surface area contributed by atoms with Crippen LogP contribution in [0.5, 0.6) is 0 Å². The fourth-order valence-corrected chi connectivity index (χ4v) is 1.92. The molecule has 0 atom stereocenters. The van der Waals surface area contributed by atoms with Crippen molar-refractivity contribution in [2.24, 2.45) is 10.5 Å². The molecule has 2 rings (SSSR count). The maximum absolute atomic E-state index is 12.6. The van der Waals surface area contributed by atoms with Crippen molar-refractivity contribution in [1.29, 1.82) is 0 Å². The first-order valence-electron chi connectivity index (χ1n) is 7.32. The molecule has 0 bridgehead atoms. The van der Waals surface area contributed by atoms with Crippen molar-refractivity contribution in [2.45, 2.75) is 20.8 Å². The summed E-state index contributed by atoms with van der Waals surface area (Å²) in [5.74, 6) is 0.166. The van der Waals surface area contributed by atoms with Gasteiger partial charge in [0.25, 0.3) is 0 Å². The molecule has 4 nitrogen and oxygen atoms in total. The summed E-state index contributed by atoms with van der Waals surface area (Å²) < 4.78 is 0. The Bertz CT molecular complexity index is 688. The van der Waals surface area contributed by atoms with Crippen molar-refractivity contribution in [3.63, 3.8) is 0 Å². The van der Waals surface area contributed by atoms with Gasteiger partial charge in [-0.3, -0.25) is 10.2 Å².